The molecule has 0 spiro atoms. The molecule has 0 aliphatic carbocycles. The Labute approximate surface area is 168 Å². The predicted octanol–water partition coefficient (Wildman–Crippen LogP) is 6.61. The molecule has 0 radical (unpaired) electrons. The molecule has 1 atom stereocenters. The zero-order chi connectivity index (χ0) is 18.1. The SMILES string of the molecule is O=C1/C(=C/c2ccc(Br)cc2)C(c2ccc(Br)cc2)Oc2ccccc21. The minimum absolute atomic E-state index is 0.00249. The number of para-hydroxylation sites is 1. The molecule has 0 bridgehead atoms. The number of Topliss-reactive ketones (excluding diaryl/α,β-unsaturated/α-hetero) is 1. The van der Waals surface area contributed by atoms with E-state index in [-0.39, 0.29) is 5.78 Å². The number of hydrogen-bond donors (Lipinski definition) is 0. The molecule has 1 heterocycles. The summed E-state index contributed by atoms with van der Waals surface area (Å²) in [6.45, 7) is 0. The second-order valence-electron chi connectivity index (χ2n) is 6.03. The molecule has 3 aromatic carbocycles. The van der Waals surface area contributed by atoms with Crippen LogP contribution < -0.4 is 4.74 Å². The number of carbonyl (C=O) groups is 1. The predicted molar refractivity (Wildman–Crippen MR) is 110 cm³/mol. The first kappa shape index (κ1) is 17.3. The van der Waals surface area contributed by atoms with Crippen molar-refractivity contribution in [2.24, 2.45) is 0 Å². The zero-order valence-electron chi connectivity index (χ0n) is 13.7. The molecule has 0 fully saturated rings. The van der Waals surface area contributed by atoms with Gasteiger partial charge in [-0.1, -0.05) is 68.3 Å². The van der Waals surface area contributed by atoms with Crippen LogP contribution in [-0.2, 0) is 0 Å². The van der Waals surface area contributed by atoms with Crippen LogP contribution >= 0.6 is 31.9 Å². The fourth-order valence-electron chi connectivity index (χ4n) is 2.99. The summed E-state index contributed by atoms with van der Waals surface area (Å²) in [5.41, 5.74) is 3.14. The number of carbonyl (C=O) groups excluding carboxylic acids is 1. The number of fused-ring (bicyclic) bond motifs is 1. The molecule has 3 aromatic rings. The van der Waals surface area contributed by atoms with E-state index in [0.29, 0.717) is 16.9 Å². The van der Waals surface area contributed by atoms with Gasteiger partial charge in [-0.25, -0.2) is 0 Å². The van der Waals surface area contributed by atoms with Crippen LogP contribution in [0.4, 0.5) is 0 Å². The van der Waals surface area contributed by atoms with Gasteiger partial charge in [0.15, 0.2) is 11.9 Å². The second-order valence-corrected chi connectivity index (χ2v) is 7.86. The van der Waals surface area contributed by atoms with E-state index in [4.69, 9.17) is 4.74 Å². The first-order valence-electron chi connectivity index (χ1n) is 8.15. The number of rotatable bonds is 2. The van der Waals surface area contributed by atoms with Gasteiger partial charge in [0.25, 0.3) is 0 Å². The Bertz CT molecular complexity index is 989. The van der Waals surface area contributed by atoms with Crippen molar-refractivity contribution in [3.05, 3.63) is 104 Å². The maximum Gasteiger partial charge on any atom is 0.196 e. The molecule has 1 aliphatic heterocycles. The molecule has 4 rings (SSSR count). The number of hydrogen-bond acceptors (Lipinski definition) is 2. The zero-order valence-corrected chi connectivity index (χ0v) is 16.8. The van der Waals surface area contributed by atoms with Gasteiger partial charge in [-0.15, -0.1) is 0 Å². The Kier molecular flexibility index (Phi) is 4.79. The minimum Gasteiger partial charge on any atom is -0.480 e. The van der Waals surface area contributed by atoms with Gasteiger partial charge in [0, 0.05) is 14.5 Å². The molecule has 1 unspecified atom stereocenters. The lowest BCUT2D eigenvalue weighted by atomic mass is 9.89. The summed E-state index contributed by atoms with van der Waals surface area (Å²) in [6.07, 6.45) is 1.48. The highest BCUT2D eigenvalue weighted by atomic mass is 79.9. The van der Waals surface area contributed by atoms with Crippen LogP contribution in [0, 0.1) is 0 Å². The van der Waals surface area contributed by atoms with Crippen LogP contribution in [0.3, 0.4) is 0 Å². The van der Waals surface area contributed by atoms with Crippen molar-refractivity contribution < 1.29 is 9.53 Å². The average Bonchev–Trinajstić information content (AvgIpc) is 2.66. The molecule has 1 aliphatic rings. The highest BCUT2D eigenvalue weighted by Gasteiger charge is 2.32. The lowest BCUT2D eigenvalue weighted by Gasteiger charge is -2.28. The highest BCUT2D eigenvalue weighted by molar-refractivity contribution is 9.10. The van der Waals surface area contributed by atoms with Crippen LogP contribution in [0.1, 0.15) is 27.6 Å². The summed E-state index contributed by atoms with van der Waals surface area (Å²) in [6, 6.07) is 23.1. The number of ketones is 1. The van der Waals surface area contributed by atoms with E-state index in [2.05, 4.69) is 31.9 Å². The van der Waals surface area contributed by atoms with E-state index in [1.807, 2.05) is 78.9 Å². The number of ether oxygens (including phenoxy) is 1. The Morgan fingerprint density at radius 3 is 2.12 bits per heavy atom. The summed E-state index contributed by atoms with van der Waals surface area (Å²) in [7, 11) is 0. The van der Waals surface area contributed by atoms with Crippen LogP contribution in [0.25, 0.3) is 6.08 Å². The van der Waals surface area contributed by atoms with Gasteiger partial charge in [-0.2, -0.15) is 0 Å². The first-order chi connectivity index (χ1) is 12.6. The summed E-state index contributed by atoms with van der Waals surface area (Å²) in [4.78, 5) is 13.2. The van der Waals surface area contributed by atoms with Crippen molar-refractivity contribution in [3.8, 4) is 5.75 Å². The quantitative estimate of drug-likeness (QED) is 0.394. The van der Waals surface area contributed by atoms with Gasteiger partial charge in [0.1, 0.15) is 5.75 Å². The highest BCUT2D eigenvalue weighted by Crippen LogP contribution is 2.39. The average molecular weight is 470 g/mol. The third kappa shape index (κ3) is 3.39. The molecule has 0 saturated heterocycles. The van der Waals surface area contributed by atoms with E-state index in [1.165, 1.54) is 0 Å². The molecule has 0 amide bonds. The molecule has 128 valence electrons. The topological polar surface area (TPSA) is 26.3 Å². The largest absolute Gasteiger partial charge is 0.480 e. The first-order valence-corrected chi connectivity index (χ1v) is 9.73. The molecular weight excluding hydrogens is 456 g/mol. The molecule has 0 N–H and O–H groups in total. The Balaban J connectivity index is 1.84. The lowest BCUT2D eigenvalue weighted by molar-refractivity contribution is 0.0963. The smallest absolute Gasteiger partial charge is 0.196 e. The normalized spacial score (nSPS) is 17.7. The van der Waals surface area contributed by atoms with Gasteiger partial charge in [0.2, 0.25) is 0 Å². The van der Waals surface area contributed by atoms with Gasteiger partial charge in [-0.3, -0.25) is 4.79 Å². The van der Waals surface area contributed by atoms with E-state index < -0.39 is 6.10 Å². The van der Waals surface area contributed by atoms with E-state index in [0.717, 1.165) is 20.1 Å². The van der Waals surface area contributed by atoms with Crippen LogP contribution in [0.2, 0.25) is 0 Å². The van der Waals surface area contributed by atoms with Crippen molar-refractivity contribution >= 4 is 43.7 Å². The van der Waals surface area contributed by atoms with Gasteiger partial charge in [-0.05, 0) is 53.6 Å². The van der Waals surface area contributed by atoms with Gasteiger partial charge >= 0.3 is 0 Å². The minimum atomic E-state index is -0.436. The standard InChI is InChI=1S/C22H14Br2O2/c23-16-9-5-14(6-10-16)13-19-21(25)18-3-1-2-4-20(18)26-22(19)15-7-11-17(24)12-8-15/h1-13,22H/b19-13-. The van der Waals surface area contributed by atoms with Gasteiger partial charge in [0.05, 0.1) is 5.56 Å². The molecule has 4 heteroatoms. The molecule has 2 nitrogen and oxygen atoms in total. The summed E-state index contributed by atoms with van der Waals surface area (Å²) in [5.74, 6) is 0.626. The summed E-state index contributed by atoms with van der Waals surface area (Å²) < 4.78 is 8.21. The third-order valence-electron chi connectivity index (χ3n) is 4.29. The van der Waals surface area contributed by atoms with E-state index >= 15 is 0 Å². The number of halogens is 2. The maximum atomic E-state index is 13.2. The molecular formula is C22H14Br2O2. The van der Waals surface area contributed by atoms with E-state index in [9.17, 15) is 4.79 Å². The van der Waals surface area contributed by atoms with Crippen molar-refractivity contribution in [2.45, 2.75) is 6.10 Å². The lowest BCUT2D eigenvalue weighted by Crippen LogP contribution is -2.23. The third-order valence-corrected chi connectivity index (χ3v) is 5.34. The van der Waals surface area contributed by atoms with Crippen LogP contribution in [0.5, 0.6) is 5.75 Å². The Morgan fingerprint density at radius 1 is 0.808 bits per heavy atom. The van der Waals surface area contributed by atoms with Crippen LogP contribution in [0.15, 0.2) is 87.3 Å². The summed E-state index contributed by atoms with van der Waals surface area (Å²) in [5, 5.41) is 0. The molecule has 0 saturated carbocycles. The van der Waals surface area contributed by atoms with Crippen molar-refractivity contribution in [3.63, 3.8) is 0 Å². The summed E-state index contributed by atoms with van der Waals surface area (Å²) >= 11 is 6.90. The monoisotopic (exact) mass is 468 g/mol. The maximum absolute atomic E-state index is 13.2. The van der Waals surface area contributed by atoms with Gasteiger partial charge < -0.3 is 4.74 Å². The second kappa shape index (κ2) is 7.22. The Hall–Kier alpha value is -2.17. The fourth-order valence-corrected chi connectivity index (χ4v) is 3.52. The van der Waals surface area contributed by atoms with Crippen LogP contribution in [-0.4, -0.2) is 5.78 Å². The Morgan fingerprint density at radius 2 is 1.42 bits per heavy atom. The van der Waals surface area contributed by atoms with Crippen molar-refractivity contribution in [1.29, 1.82) is 0 Å². The molecule has 26 heavy (non-hydrogen) atoms. The van der Waals surface area contributed by atoms with E-state index in [1.54, 1.807) is 0 Å². The van der Waals surface area contributed by atoms with Crippen molar-refractivity contribution in [2.75, 3.05) is 0 Å². The molecule has 0 aromatic heterocycles. The fraction of sp³-hybridized carbons (Fsp3) is 0.0455. The number of benzene rings is 3. The van der Waals surface area contributed by atoms with Crippen molar-refractivity contribution in [1.82, 2.24) is 0 Å².